The summed E-state index contributed by atoms with van der Waals surface area (Å²) >= 11 is 0. The maximum absolute atomic E-state index is 12.0. The number of benzene rings is 1. The van der Waals surface area contributed by atoms with Crippen LogP contribution in [0.4, 0.5) is 0 Å². The van der Waals surface area contributed by atoms with Crippen LogP contribution in [0.15, 0.2) is 24.3 Å². The van der Waals surface area contributed by atoms with Crippen LogP contribution in [0.5, 0.6) is 0 Å². The molecule has 1 fully saturated rings. The first-order chi connectivity index (χ1) is 13.7. The van der Waals surface area contributed by atoms with Crippen LogP contribution in [-0.2, 0) is 30.5 Å². The number of aryl methyl sites for hydroxylation is 1. The van der Waals surface area contributed by atoms with Crippen LogP contribution >= 0.6 is 0 Å². The Bertz CT molecular complexity index is 683. The number of piperidine rings is 1. The molecule has 2 rings (SSSR count). The third kappa shape index (κ3) is 9.70. The standard InChI is InChI=1S/C18H26N2O3.C2H2O4/c1-3-23-18(22)16-8-10-20(11-9-16)13-17(21)19-12-15-6-4-14(2)5-7-15;3-1(4)2(5)6/h4-7,16H,3,8-13H2,1-2H3,(H,19,21);(H,3,4)(H,5,6). The lowest BCUT2D eigenvalue weighted by atomic mass is 9.97. The minimum absolute atomic E-state index is 0.0122. The van der Waals surface area contributed by atoms with Crippen molar-refractivity contribution in [1.29, 1.82) is 0 Å². The summed E-state index contributed by atoms with van der Waals surface area (Å²) in [4.78, 5) is 44.0. The second kappa shape index (κ2) is 12.5. The van der Waals surface area contributed by atoms with Crippen LogP contribution in [0.2, 0.25) is 0 Å². The molecule has 1 heterocycles. The van der Waals surface area contributed by atoms with Crippen LogP contribution in [0.1, 0.15) is 30.9 Å². The minimum atomic E-state index is -1.82. The molecule has 0 aliphatic carbocycles. The van der Waals surface area contributed by atoms with Gasteiger partial charge >= 0.3 is 17.9 Å². The van der Waals surface area contributed by atoms with E-state index in [4.69, 9.17) is 24.5 Å². The second-order valence-electron chi connectivity index (χ2n) is 6.68. The van der Waals surface area contributed by atoms with Crippen molar-refractivity contribution >= 4 is 23.8 Å². The number of hydrogen-bond donors (Lipinski definition) is 3. The molecular formula is C20H28N2O7. The van der Waals surface area contributed by atoms with Crippen LogP contribution < -0.4 is 5.32 Å². The summed E-state index contributed by atoms with van der Waals surface area (Å²) < 4.78 is 5.06. The Morgan fingerprint density at radius 2 is 1.62 bits per heavy atom. The number of carbonyl (C=O) groups excluding carboxylic acids is 2. The van der Waals surface area contributed by atoms with E-state index >= 15 is 0 Å². The average molecular weight is 408 g/mol. The maximum atomic E-state index is 12.0. The Labute approximate surface area is 169 Å². The lowest BCUT2D eigenvalue weighted by molar-refractivity contribution is -0.159. The van der Waals surface area contributed by atoms with Gasteiger partial charge in [0, 0.05) is 6.54 Å². The summed E-state index contributed by atoms with van der Waals surface area (Å²) in [6.07, 6.45) is 1.54. The number of rotatable bonds is 6. The highest BCUT2D eigenvalue weighted by Crippen LogP contribution is 2.18. The summed E-state index contributed by atoms with van der Waals surface area (Å²) in [5, 5.41) is 17.7. The second-order valence-corrected chi connectivity index (χ2v) is 6.68. The highest BCUT2D eigenvalue weighted by molar-refractivity contribution is 6.27. The van der Waals surface area contributed by atoms with Crippen molar-refractivity contribution in [2.75, 3.05) is 26.2 Å². The molecule has 0 saturated carbocycles. The molecule has 0 spiro atoms. The molecule has 9 nitrogen and oxygen atoms in total. The van der Waals surface area contributed by atoms with Gasteiger partial charge in [-0.2, -0.15) is 0 Å². The van der Waals surface area contributed by atoms with E-state index in [1.165, 1.54) is 5.56 Å². The van der Waals surface area contributed by atoms with Crippen molar-refractivity contribution in [3.8, 4) is 0 Å². The van der Waals surface area contributed by atoms with Crippen LogP contribution in [0, 0.1) is 12.8 Å². The van der Waals surface area contributed by atoms with Crippen molar-refractivity contribution in [3.63, 3.8) is 0 Å². The van der Waals surface area contributed by atoms with E-state index in [0.717, 1.165) is 31.5 Å². The number of ether oxygens (including phenoxy) is 1. The van der Waals surface area contributed by atoms with Gasteiger partial charge in [0.05, 0.1) is 19.1 Å². The molecule has 1 aromatic carbocycles. The Morgan fingerprint density at radius 3 is 2.10 bits per heavy atom. The highest BCUT2D eigenvalue weighted by Gasteiger charge is 2.26. The van der Waals surface area contributed by atoms with Gasteiger partial charge in [0.2, 0.25) is 5.91 Å². The fourth-order valence-electron chi connectivity index (χ4n) is 2.75. The van der Waals surface area contributed by atoms with Gasteiger partial charge in [-0.05, 0) is 45.3 Å². The van der Waals surface area contributed by atoms with Gasteiger partial charge in [-0.1, -0.05) is 29.8 Å². The third-order valence-corrected chi connectivity index (χ3v) is 4.37. The topological polar surface area (TPSA) is 133 Å². The average Bonchev–Trinajstić information content (AvgIpc) is 2.68. The summed E-state index contributed by atoms with van der Waals surface area (Å²) in [6.45, 7) is 6.77. The number of likely N-dealkylation sites (tertiary alicyclic amines) is 1. The molecule has 1 amide bonds. The number of esters is 1. The first-order valence-electron chi connectivity index (χ1n) is 9.40. The summed E-state index contributed by atoms with van der Waals surface area (Å²) in [5.74, 6) is -3.73. The molecule has 1 aliphatic rings. The minimum Gasteiger partial charge on any atom is -0.473 e. The molecule has 0 aromatic heterocycles. The van der Waals surface area contributed by atoms with Crippen molar-refractivity contribution in [1.82, 2.24) is 10.2 Å². The van der Waals surface area contributed by atoms with Crippen LogP contribution in [0.25, 0.3) is 0 Å². The van der Waals surface area contributed by atoms with Crippen LogP contribution in [0.3, 0.4) is 0 Å². The number of carboxylic acid groups (broad SMARTS) is 2. The quantitative estimate of drug-likeness (QED) is 0.470. The largest absolute Gasteiger partial charge is 0.473 e. The fraction of sp³-hybridized carbons (Fsp3) is 0.500. The molecule has 1 aromatic rings. The molecule has 29 heavy (non-hydrogen) atoms. The first kappa shape index (κ1) is 24.1. The monoisotopic (exact) mass is 408 g/mol. The summed E-state index contributed by atoms with van der Waals surface area (Å²) in [6, 6.07) is 8.14. The number of carbonyl (C=O) groups is 4. The zero-order chi connectivity index (χ0) is 21.8. The third-order valence-electron chi connectivity index (χ3n) is 4.37. The molecular weight excluding hydrogens is 380 g/mol. The lowest BCUT2D eigenvalue weighted by Gasteiger charge is -2.30. The predicted octanol–water partition coefficient (Wildman–Crippen LogP) is 1.04. The molecule has 160 valence electrons. The molecule has 0 bridgehead atoms. The van der Waals surface area contributed by atoms with Gasteiger partial charge in [-0.15, -0.1) is 0 Å². The Morgan fingerprint density at radius 1 is 1.07 bits per heavy atom. The number of hydrogen-bond acceptors (Lipinski definition) is 6. The van der Waals surface area contributed by atoms with E-state index in [-0.39, 0.29) is 17.8 Å². The molecule has 1 aliphatic heterocycles. The normalized spacial score (nSPS) is 14.3. The number of carboxylic acids is 2. The van der Waals surface area contributed by atoms with Gasteiger partial charge in [0.25, 0.3) is 0 Å². The number of aliphatic carboxylic acids is 2. The number of nitrogens with zero attached hydrogens (tertiary/aromatic N) is 1. The van der Waals surface area contributed by atoms with Crippen molar-refractivity contribution in [2.45, 2.75) is 33.2 Å². The van der Waals surface area contributed by atoms with E-state index in [0.29, 0.717) is 19.7 Å². The van der Waals surface area contributed by atoms with Gasteiger partial charge in [0.15, 0.2) is 0 Å². The number of amides is 1. The zero-order valence-corrected chi connectivity index (χ0v) is 16.7. The van der Waals surface area contributed by atoms with Crippen molar-refractivity contribution in [2.24, 2.45) is 5.92 Å². The van der Waals surface area contributed by atoms with E-state index in [2.05, 4.69) is 10.2 Å². The zero-order valence-electron chi connectivity index (χ0n) is 16.7. The Hall–Kier alpha value is -2.94. The Kier molecular flexibility index (Phi) is 10.4. The molecule has 9 heteroatoms. The van der Waals surface area contributed by atoms with Crippen LogP contribution in [-0.4, -0.2) is 65.2 Å². The van der Waals surface area contributed by atoms with E-state index in [9.17, 15) is 9.59 Å². The van der Waals surface area contributed by atoms with Gasteiger partial charge in [-0.3, -0.25) is 14.5 Å². The van der Waals surface area contributed by atoms with E-state index < -0.39 is 11.9 Å². The van der Waals surface area contributed by atoms with Gasteiger partial charge < -0.3 is 20.3 Å². The Balaban J connectivity index is 0.000000612. The first-order valence-corrected chi connectivity index (χ1v) is 9.40. The SMILES string of the molecule is CCOC(=O)C1CCN(CC(=O)NCc2ccc(C)cc2)CC1.O=C(O)C(=O)O. The smallest absolute Gasteiger partial charge is 0.414 e. The van der Waals surface area contributed by atoms with Gasteiger partial charge in [0.1, 0.15) is 0 Å². The molecule has 3 N–H and O–H groups in total. The summed E-state index contributed by atoms with van der Waals surface area (Å²) in [5.41, 5.74) is 2.31. The lowest BCUT2D eigenvalue weighted by Crippen LogP contribution is -2.42. The van der Waals surface area contributed by atoms with Crippen molar-refractivity contribution in [3.05, 3.63) is 35.4 Å². The molecule has 0 radical (unpaired) electrons. The van der Waals surface area contributed by atoms with E-state index in [1.54, 1.807) is 0 Å². The summed E-state index contributed by atoms with van der Waals surface area (Å²) in [7, 11) is 0. The molecule has 0 unspecified atom stereocenters. The highest BCUT2D eigenvalue weighted by atomic mass is 16.5. The van der Waals surface area contributed by atoms with E-state index in [1.807, 2.05) is 38.1 Å². The van der Waals surface area contributed by atoms with Gasteiger partial charge in [-0.25, -0.2) is 9.59 Å². The number of nitrogens with one attached hydrogen (secondary N) is 1. The maximum Gasteiger partial charge on any atom is 0.414 e. The predicted molar refractivity (Wildman–Crippen MR) is 104 cm³/mol. The fourth-order valence-corrected chi connectivity index (χ4v) is 2.75. The van der Waals surface area contributed by atoms with Crippen molar-refractivity contribution < 1.29 is 34.1 Å². The molecule has 1 saturated heterocycles. The molecule has 0 atom stereocenters.